The first-order valence-corrected chi connectivity index (χ1v) is 8.06. The van der Waals surface area contributed by atoms with Crippen molar-refractivity contribution in [2.75, 3.05) is 7.11 Å². The Morgan fingerprint density at radius 3 is 2.17 bits per heavy atom. The number of carbonyl (C=O) groups excluding carboxylic acids is 3. The first-order valence-electron chi connectivity index (χ1n) is 8.06. The molecule has 0 unspecified atom stereocenters. The van der Waals surface area contributed by atoms with Crippen LogP contribution < -0.4 is 10.6 Å². The van der Waals surface area contributed by atoms with E-state index in [1.165, 1.54) is 13.2 Å². The van der Waals surface area contributed by atoms with Gasteiger partial charge in [0.25, 0.3) is 0 Å². The highest BCUT2D eigenvalue weighted by Crippen LogP contribution is 2.10. The van der Waals surface area contributed by atoms with Crippen molar-refractivity contribution in [3.05, 3.63) is 12.2 Å². The Morgan fingerprint density at radius 1 is 1.12 bits per heavy atom. The summed E-state index contributed by atoms with van der Waals surface area (Å²) in [7, 11) is 1.29. The van der Waals surface area contributed by atoms with E-state index < -0.39 is 23.7 Å². The summed E-state index contributed by atoms with van der Waals surface area (Å²) >= 11 is 0. The van der Waals surface area contributed by atoms with Gasteiger partial charge in [-0.3, -0.25) is 4.79 Å². The van der Waals surface area contributed by atoms with E-state index in [4.69, 9.17) is 4.74 Å². The lowest BCUT2D eigenvalue weighted by Gasteiger charge is -2.25. The lowest BCUT2D eigenvalue weighted by Crippen LogP contribution is -2.50. The minimum atomic E-state index is -0.766. The van der Waals surface area contributed by atoms with E-state index in [0.29, 0.717) is 0 Å². The minimum Gasteiger partial charge on any atom is -0.466 e. The molecule has 0 rings (SSSR count). The predicted molar refractivity (Wildman–Crippen MR) is 91.4 cm³/mol. The lowest BCUT2D eigenvalue weighted by molar-refractivity contribution is -0.135. The van der Waals surface area contributed by atoms with Crippen LogP contribution in [0.1, 0.15) is 48.0 Å². The number of amides is 2. The number of hydrogen-bond donors (Lipinski definition) is 2. The molecule has 0 bridgehead atoms. The van der Waals surface area contributed by atoms with Gasteiger partial charge in [0, 0.05) is 6.08 Å². The largest absolute Gasteiger partial charge is 0.466 e. The molecule has 138 valence electrons. The molecule has 0 aliphatic heterocycles. The number of hydrogen-bond acceptors (Lipinski definition) is 5. The second-order valence-electron chi connectivity index (χ2n) is 6.67. The van der Waals surface area contributed by atoms with Crippen LogP contribution in [0.4, 0.5) is 4.79 Å². The summed E-state index contributed by atoms with van der Waals surface area (Å²) in [4.78, 5) is 35.2. The van der Waals surface area contributed by atoms with Crippen LogP contribution in [0.2, 0.25) is 0 Å². The molecule has 2 amide bonds. The van der Waals surface area contributed by atoms with Gasteiger partial charge >= 0.3 is 12.1 Å². The van der Waals surface area contributed by atoms with Crippen LogP contribution in [-0.4, -0.2) is 42.8 Å². The molecule has 0 saturated heterocycles. The number of esters is 1. The van der Waals surface area contributed by atoms with E-state index in [1.54, 1.807) is 33.8 Å². The molecule has 0 saturated carbocycles. The molecule has 3 atom stereocenters. The van der Waals surface area contributed by atoms with Gasteiger partial charge < -0.3 is 20.1 Å². The molecule has 2 N–H and O–H groups in total. The van der Waals surface area contributed by atoms with Crippen molar-refractivity contribution in [1.29, 1.82) is 0 Å². The zero-order chi connectivity index (χ0) is 18.9. The van der Waals surface area contributed by atoms with Crippen LogP contribution in [0.15, 0.2) is 12.2 Å². The van der Waals surface area contributed by atoms with Crippen LogP contribution in [0, 0.1) is 5.92 Å². The zero-order valence-corrected chi connectivity index (χ0v) is 15.6. The molecule has 0 fully saturated rings. The molecular formula is C17H30N2O5. The molecule has 0 aromatic heterocycles. The van der Waals surface area contributed by atoms with Crippen molar-refractivity contribution >= 4 is 18.0 Å². The molecule has 0 spiro atoms. The van der Waals surface area contributed by atoms with Crippen LogP contribution in [0.25, 0.3) is 0 Å². The number of nitrogens with one attached hydrogen (secondary N) is 2. The minimum absolute atomic E-state index is 0.114. The highest BCUT2D eigenvalue weighted by atomic mass is 16.6. The predicted octanol–water partition coefficient (Wildman–Crippen LogP) is 2.16. The first-order chi connectivity index (χ1) is 11.0. The zero-order valence-electron chi connectivity index (χ0n) is 15.6. The van der Waals surface area contributed by atoms with Crippen molar-refractivity contribution in [3.8, 4) is 0 Å². The summed E-state index contributed by atoms with van der Waals surface area (Å²) in [5.74, 6) is -0.735. The number of methoxy groups -OCH3 is 1. The maximum atomic E-state index is 12.3. The third-order valence-corrected chi connectivity index (χ3v) is 3.33. The Labute approximate surface area is 144 Å². The van der Waals surface area contributed by atoms with Crippen LogP contribution in [-0.2, 0) is 19.1 Å². The SMILES string of the molecule is CC[C@H](C)[C@@H](/C=C/C(=O)OC)NC(=O)[C@H](C)NC(=O)OC(C)(C)C. The number of carbonyl (C=O) groups is 3. The van der Waals surface area contributed by atoms with Crippen molar-refractivity contribution in [3.63, 3.8) is 0 Å². The average Bonchev–Trinajstić information content (AvgIpc) is 2.47. The maximum absolute atomic E-state index is 12.3. The van der Waals surface area contributed by atoms with Gasteiger partial charge in [0.05, 0.1) is 13.2 Å². The van der Waals surface area contributed by atoms with Gasteiger partial charge in [0.1, 0.15) is 11.6 Å². The average molecular weight is 342 g/mol. The van der Waals surface area contributed by atoms with Gasteiger partial charge in [-0.1, -0.05) is 26.3 Å². The van der Waals surface area contributed by atoms with Gasteiger partial charge in [-0.2, -0.15) is 0 Å². The molecule has 0 aliphatic rings. The molecule has 7 nitrogen and oxygen atoms in total. The summed E-state index contributed by atoms with van der Waals surface area (Å²) < 4.78 is 9.67. The normalized spacial score (nSPS) is 15.3. The molecule has 0 heterocycles. The summed E-state index contributed by atoms with van der Waals surface area (Å²) in [6.07, 6.45) is 3.03. The summed E-state index contributed by atoms with van der Waals surface area (Å²) in [5.41, 5.74) is -0.636. The van der Waals surface area contributed by atoms with E-state index >= 15 is 0 Å². The Hall–Kier alpha value is -2.05. The Balaban J connectivity index is 4.77. The maximum Gasteiger partial charge on any atom is 0.408 e. The molecule has 24 heavy (non-hydrogen) atoms. The fourth-order valence-corrected chi connectivity index (χ4v) is 1.72. The number of ether oxygens (including phenoxy) is 2. The molecule has 0 aromatic rings. The van der Waals surface area contributed by atoms with Gasteiger partial charge in [0.2, 0.25) is 5.91 Å². The van der Waals surface area contributed by atoms with Crippen LogP contribution in [0.5, 0.6) is 0 Å². The fourth-order valence-electron chi connectivity index (χ4n) is 1.72. The molecule has 7 heteroatoms. The molecule has 0 aromatic carbocycles. The lowest BCUT2D eigenvalue weighted by atomic mass is 9.98. The fraction of sp³-hybridized carbons (Fsp3) is 0.706. The van der Waals surface area contributed by atoms with Crippen LogP contribution >= 0.6 is 0 Å². The summed E-state index contributed by atoms with van der Waals surface area (Å²) in [5, 5.41) is 5.30. The topological polar surface area (TPSA) is 93.7 Å². The van der Waals surface area contributed by atoms with E-state index in [2.05, 4.69) is 15.4 Å². The summed E-state index contributed by atoms with van der Waals surface area (Å²) in [6.45, 7) is 10.7. The molecule has 0 aliphatic carbocycles. The van der Waals surface area contributed by atoms with E-state index in [9.17, 15) is 14.4 Å². The standard InChI is InChI=1S/C17H30N2O5/c1-8-11(2)13(9-10-14(20)23-7)19-15(21)12(3)18-16(22)24-17(4,5)6/h9-13H,8H2,1-7H3,(H,18,22)(H,19,21)/b10-9+/t11-,12-,13+/m0/s1. The number of rotatable bonds is 7. The highest BCUT2D eigenvalue weighted by Gasteiger charge is 2.23. The highest BCUT2D eigenvalue weighted by molar-refractivity contribution is 5.86. The first kappa shape index (κ1) is 21.9. The van der Waals surface area contributed by atoms with Gasteiger partial charge in [-0.25, -0.2) is 9.59 Å². The van der Waals surface area contributed by atoms with Crippen molar-refractivity contribution < 1.29 is 23.9 Å². The van der Waals surface area contributed by atoms with E-state index in [-0.39, 0.29) is 17.9 Å². The van der Waals surface area contributed by atoms with Crippen LogP contribution in [0.3, 0.4) is 0 Å². The quantitative estimate of drug-likeness (QED) is 0.546. The monoisotopic (exact) mass is 342 g/mol. The van der Waals surface area contributed by atoms with Crippen molar-refractivity contribution in [2.45, 2.75) is 65.6 Å². The summed E-state index contributed by atoms with van der Waals surface area (Å²) in [6, 6.07) is -1.11. The third kappa shape index (κ3) is 9.17. The van der Waals surface area contributed by atoms with Gasteiger partial charge in [-0.05, 0) is 33.6 Å². The van der Waals surface area contributed by atoms with Gasteiger partial charge in [0.15, 0.2) is 0 Å². The second-order valence-corrected chi connectivity index (χ2v) is 6.67. The Bertz CT molecular complexity index is 468. The molecular weight excluding hydrogens is 312 g/mol. The number of alkyl carbamates (subject to hydrolysis) is 1. The van der Waals surface area contributed by atoms with E-state index in [0.717, 1.165) is 6.42 Å². The van der Waals surface area contributed by atoms with Gasteiger partial charge in [-0.15, -0.1) is 0 Å². The Kier molecular flexibility index (Phi) is 9.10. The third-order valence-electron chi connectivity index (χ3n) is 3.33. The second kappa shape index (κ2) is 9.95. The van der Waals surface area contributed by atoms with Crippen molar-refractivity contribution in [2.24, 2.45) is 5.92 Å². The smallest absolute Gasteiger partial charge is 0.408 e. The Morgan fingerprint density at radius 2 is 1.71 bits per heavy atom. The van der Waals surface area contributed by atoms with E-state index in [1.807, 2.05) is 13.8 Å². The van der Waals surface area contributed by atoms with Crippen molar-refractivity contribution in [1.82, 2.24) is 10.6 Å². The molecule has 0 radical (unpaired) electrons.